The molecule has 0 radical (unpaired) electrons. The average Bonchev–Trinajstić information content (AvgIpc) is 2.10. The van der Waals surface area contributed by atoms with E-state index in [-0.39, 0.29) is 10.8 Å². The summed E-state index contributed by atoms with van der Waals surface area (Å²) in [4.78, 5) is 11.6. The van der Waals surface area contributed by atoms with Crippen molar-refractivity contribution < 1.29 is 9.90 Å². The zero-order chi connectivity index (χ0) is 11.8. The normalized spacial score (nSPS) is 58.9. The van der Waals surface area contributed by atoms with Gasteiger partial charge in [0.25, 0.3) is 0 Å². The van der Waals surface area contributed by atoms with Crippen molar-refractivity contribution in [1.29, 1.82) is 0 Å². The van der Waals surface area contributed by atoms with E-state index >= 15 is 0 Å². The summed E-state index contributed by atoms with van der Waals surface area (Å²) in [6.45, 7) is 7.00. The van der Waals surface area contributed by atoms with Gasteiger partial charge < -0.3 is 5.11 Å². The molecule has 4 saturated carbocycles. The van der Waals surface area contributed by atoms with Gasteiger partial charge in [-0.3, -0.25) is 4.79 Å². The highest BCUT2D eigenvalue weighted by atomic mass is 16.4. The molecule has 1 N–H and O–H groups in total. The summed E-state index contributed by atoms with van der Waals surface area (Å²) < 4.78 is 0. The Morgan fingerprint density at radius 1 is 1.19 bits per heavy atom. The van der Waals surface area contributed by atoms with E-state index in [0.717, 1.165) is 19.3 Å². The Hall–Kier alpha value is -0.530. The Bertz CT molecular complexity index is 364. The molecule has 0 aromatic heterocycles. The Labute approximate surface area is 97.4 Å². The quantitative estimate of drug-likeness (QED) is 0.739. The first-order chi connectivity index (χ1) is 7.29. The molecular weight excluding hydrogens is 200 g/mol. The topological polar surface area (TPSA) is 37.3 Å². The fourth-order valence-electron chi connectivity index (χ4n) is 5.73. The molecule has 4 rings (SSSR count). The van der Waals surface area contributed by atoms with Gasteiger partial charge in [0, 0.05) is 0 Å². The lowest BCUT2D eigenvalue weighted by molar-refractivity contribution is -0.200. The Morgan fingerprint density at radius 2 is 1.88 bits per heavy atom. The van der Waals surface area contributed by atoms with E-state index in [9.17, 15) is 9.90 Å². The maximum atomic E-state index is 11.6. The highest BCUT2D eigenvalue weighted by molar-refractivity contribution is 5.75. The summed E-state index contributed by atoms with van der Waals surface area (Å²) in [5.74, 6) is 0.844. The third-order valence-corrected chi connectivity index (χ3v) is 6.01. The SMILES string of the molecule is C[C@@H]1[C@H]2C[C@@]3(C)C[C@@](C(=O)O)(C2)C[C@@]1(C)C3. The van der Waals surface area contributed by atoms with E-state index < -0.39 is 5.97 Å². The third-order valence-electron chi connectivity index (χ3n) is 6.01. The molecule has 2 nitrogen and oxygen atoms in total. The molecule has 4 fully saturated rings. The van der Waals surface area contributed by atoms with E-state index in [1.165, 1.54) is 12.8 Å². The Kier molecular flexibility index (Phi) is 1.76. The van der Waals surface area contributed by atoms with Crippen LogP contribution in [0.5, 0.6) is 0 Å². The number of hydrogen-bond acceptors (Lipinski definition) is 1. The van der Waals surface area contributed by atoms with Gasteiger partial charge in [0.15, 0.2) is 0 Å². The van der Waals surface area contributed by atoms with E-state index in [0.29, 0.717) is 17.3 Å². The molecule has 90 valence electrons. The van der Waals surface area contributed by atoms with Crippen LogP contribution in [0.2, 0.25) is 0 Å². The first-order valence-corrected chi connectivity index (χ1v) is 6.52. The highest BCUT2D eigenvalue weighted by Crippen LogP contribution is 2.71. The zero-order valence-corrected chi connectivity index (χ0v) is 10.5. The molecule has 0 aromatic carbocycles. The maximum absolute atomic E-state index is 11.6. The smallest absolute Gasteiger partial charge is 0.309 e. The van der Waals surface area contributed by atoms with Gasteiger partial charge in [-0.25, -0.2) is 0 Å². The summed E-state index contributed by atoms with van der Waals surface area (Å²) in [5, 5.41) is 9.59. The second-order valence-corrected chi connectivity index (χ2v) is 7.54. The second kappa shape index (κ2) is 2.65. The summed E-state index contributed by atoms with van der Waals surface area (Å²) in [7, 11) is 0. The fourth-order valence-corrected chi connectivity index (χ4v) is 5.73. The van der Waals surface area contributed by atoms with Crippen LogP contribution in [-0.2, 0) is 4.79 Å². The first kappa shape index (κ1) is 10.6. The summed E-state index contributed by atoms with van der Waals surface area (Å²) in [6, 6.07) is 0. The van der Waals surface area contributed by atoms with Gasteiger partial charge in [-0.2, -0.15) is 0 Å². The molecule has 2 heteroatoms. The predicted molar refractivity (Wildman–Crippen MR) is 62.0 cm³/mol. The molecule has 0 unspecified atom stereocenters. The molecule has 0 spiro atoms. The van der Waals surface area contributed by atoms with E-state index in [1.807, 2.05) is 0 Å². The van der Waals surface area contributed by atoms with Crippen molar-refractivity contribution in [3.63, 3.8) is 0 Å². The van der Waals surface area contributed by atoms with E-state index in [2.05, 4.69) is 20.8 Å². The van der Waals surface area contributed by atoms with Crippen molar-refractivity contribution in [2.75, 3.05) is 0 Å². The zero-order valence-electron chi connectivity index (χ0n) is 10.5. The van der Waals surface area contributed by atoms with Gasteiger partial charge in [0.1, 0.15) is 0 Å². The van der Waals surface area contributed by atoms with Gasteiger partial charge in [-0.1, -0.05) is 20.8 Å². The molecule has 4 bridgehead atoms. The number of hydrogen-bond donors (Lipinski definition) is 1. The van der Waals surface area contributed by atoms with Crippen LogP contribution in [0.15, 0.2) is 0 Å². The number of rotatable bonds is 1. The average molecular weight is 222 g/mol. The summed E-state index contributed by atoms with van der Waals surface area (Å²) >= 11 is 0. The standard InChI is InChI=1S/C14H22O2/c1-9-10-4-12(2)6-13(9,3)8-14(5-10,7-12)11(15)16/h9-10H,4-8H2,1-3H3,(H,15,16)/t9-,10+,12-,13-,14+/m1/s1. The predicted octanol–water partition coefficient (Wildman–Crippen LogP) is 3.31. The third kappa shape index (κ3) is 1.11. The van der Waals surface area contributed by atoms with Gasteiger partial charge in [0.2, 0.25) is 0 Å². The number of carboxylic acid groups (broad SMARTS) is 1. The van der Waals surface area contributed by atoms with Crippen LogP contribution < -0.4 is 0 Å². The van der Waals surface area contributed by atoms with Crippen LogP contribution in [0.25, 0.3) is 0 Å². The maximum Gasteiger partial charge on any atom is 0.309 e. The molecule has 16 heavy (non-hydrogen) atoms. The Balaban J connectivity index is 2.08. The molecule has 0 amide bonds. The van der Waals surface area contributed by atoms with Crippen molar-refractivity contribution in [3.05, 3.63) is 0 Å². The van der Waals surface area contributed by atoms with Gasteiger partial charge >= 0.3 is 5.97 Å². The minimum Gasteiger partial charge on any atom is -0.481 e. The highest BCUT2D eigenvalue weighted by Gasteiger charge is 2.65. The van der Waals surface area contributed by atoms with Crippen molar-refractivity contribution in [1.82, 2.24) is 0 Å². The number of aliphatic carboxylic acids is 1. The molecule has 0 saturated heterocycles. The van der Waals surface area contributed by atoms with E-state index in [4.69, 9.17) is 0 Å². The Morgan fingerprint density at radius 3 is 2.44 bits per heavy atom. The molecule has 5 atom stereocenters. The van der Waals surface area contributed by atoms with Crippen molar-refractivity contribution in [3.8, 4) is 0 Å². The lowest BCUT2D eigenvalue weighted by Crippen LogP contribution is -2.61. The molecule has 0 heterocycles. The minimum atomic E-state index is -0.527. The summed E-state index contributed by atoms with van der Waals surface area (Å²) in [6.07, 6.45) is 5.29. The van der Waals surface area contributed by atoms with Crippen molar-refractivity contribution in [2.45, 2.75) is 52.9 Å². The number of carbonyl (C=O) groups is 1. The van der Waals surface area contributed by atoms with Crippen LogP contribution in [0.1, 0.15) is 52.9 Å². The van der Waals surface area contributed by atoms with E-state index in [1.54, 1.807) is 0 Å². The van der Waals surface area contributed by atoms with Crippen LogP contribution in [0.4, 0.5) is 0 Å². The van der Waals surface area contributed by atoms with Crippen molar-refractivity contribution >= 4 is 5.97 Å². The van der Waals surface area contributed by atoms with Crippen LogP contribution >= 0.6 is 0 Å². The monoisotopic (exact) mass is 222 g/mol. The molecule has 0 aromatic rings. The van der Waals surface area contributed by atoms with Gasteiger partial charge in [-0.15, -0.1) is 0 Å². The molecule has 4 aliphatic carbocycles. The van der Waals surface area contributed by atoms with Crippen LogP contribution in [-0.4, -0.2) is 11.1 Å². The molecule has 0 aliphatic heterocycles. The first-order valence-electron chi connectivity index (χ1n) is 6.52. The van der Waals surface area contributed by atoms with Gasteiger partial charge in [0.05, 0.1) is 5.41 Å². The molecular formula is C14H22O2. The lowest BCUT2D eigenvalue weighted by Gasteiger charge is -2.66. The fraction of sp³-hybridized carbons (Fsp3) is 0.929. The minimum absolute atomic E-state index is 0.284. The second-order valence-electron chi connectivity index (χ2n) is 7.54. The summed E-state index contributed by atoms with van der Waals surface area (Å²) in [5.41, 5.74) is 0.213. The largest absolute Gasteiger partial charge is 0.481 e. The lowest BCUT2D eigenvalue weighted by atomic mass is 9.37. The van der Waals surface area contributed by atoms with Gasteiger partial charge in [-0.05, 0) is 54.8 Å². The van der Waals surface area contributed by atoms with Crippen molar-refractivity contribution in [2.24, 2.45) is 28.1 Å². The van der Waals surface area contributed by atoms with Crippen LogP contribution in [0, 0.1) is 28.1 Å². The number of carboxylic acids is 1. The van der Waals surface area contributed by atoms with Crippen LogP contribution in [0.3, 0.4) is 0 Å². The molecule has 4 aliphatic rings.